The van der Waals surface area contributed by atoms with Crippen LogP contribution in [0.2, 0.25) is 5.02 Å². The Balaban J connectivity index is 3.56. The lowest BCUT2D eigenvalue weighted by Crippen LogP contribution is -2.06. The molecule has 16 heavy (non-hydrogen) atoms. The Hall–Kier alpha value is -2.13. The fourth-order valence-corrected chi connectivity index (χ4v) is 1.34. The van der Waals surface area contributed by atoms with Crippen molar-refractivity contribution in [1.29, 1.82) is 5.26 Å². The summed E-state index contributed by atoms with van der Waals surface area (Å²) in [6.07, 6.45) is 0. The monoisotopic (exact) mass is 240 g/mol. The molecule has 0 heterocycles. The lowest BCUT2D eigenvalue weighted by Gasteiger charge is -2.03. The second-order valence-corrected chi connectivity index (χ2v) is 3.14. The summed E-state index contributed by atoms with van der Waals surface area (Å²) in [5.74, 6) is -0.845. The fraction of sp³-hybridized carbons (Fsp3) is 0.111. The number of nitriles is 1. The molecule has 1 aromatic carbocycles. The number of nitro benzene ring substituents is 1. The van der Waals surface area contributed by atoms with Crippen LogP contribution in [0.3, 0.4) is 0 Å². The van der Waals surface area contributed by atoms with Crippen molar-refractivity contribution < 1.29 is 14.5 Å². The van der Waals surface area contributed by atoms with Crippen molar-refractivity contribution in [2.75, 3.05) is 7.11 Å². The third-order valence-corrected chi connectivity index (χ3v) is 2.01. The van der Waals surface area contributed by atoms with Crippen LogP contribution in [-0.2, 0) is 4.74 Å². The van der Waals surface area contributed by atoms with Gasteiger partial charge in [0.2, 0.25) is 0 Å². The molecule has 7 heteroatoms. The Bertz CT molecular complexity index is 507. The second kappa shape index (κ2) is 4.59. The summed E-state index contributed by atoms with van der Waals surface area (Å²) in [4.78, 5) is 21.1. The van der Waals surface area contributed by atoms with Crippen LogP contribution < -0.4 is 0 Å². The number of carbonyl (C=O) groups excluding carboxylic acids is 1. The Labute approximate surface area is 95.2 Å². The van der Waals surface area contributed by atoms with Crippen LogP contribution in [0.1, 0.15) is 15.9 Å². The standard InChI is InChI=1S/C9H5ClN2O4/c1-16-9(13)6-2-5(10)3-8(12(14)15)7(6)4-11/h2-3H,1H3. The van der Waals surface area contributed by atoms with Gasteiger partial charge in [-0.3, -0.25) is 10.1 Å². The fourth-order valence-electron chi connectivity index (χ4n) is 1.12. The molecule has 1 rings (SSSR count). The van der Waals surface area contributed by atoms with Gasteiger partial charge in [-0.1, -0.05) is 11.6 Å². The minimum atomic E-state index is -0.845. The molecule has 0 spiro atoms. The molecule has 0 aromatic heterocycles. The highest BCUT2D eigenvalue weighted by molar-refractivity contribution is 6.31. The molecule has 0 saturated carbocycles. The highest BCUT2D eigenvalue weighted by Gasteiger charge is 2.23. The van der Waals surface area contributed by atoms with E-state index < -0.39 is 16.6 Å². The first-order valence-electron chi connectivity index (χ1n) is 3.97. The highest BCUT2D eigenvalue weighted by atomic mass is 35.5. The molecule has 82 valence electrons. The Morgan fingerprint density at radius 2 is 2.25 bits per heavy atom. The summed E-state index contributed by atoms with van der Waals surface area (Å²) in [6, 6.07) is 3.75. The molecular weight excluding hydrogens is 236 g/mol. The molecule has 1 aromatic rings. The van der Waals surface area contributed by atoms with E-state index in [1.807, 2.05) is 0 Å². The predicted molar refractivity (Wildman–Crippen MR) is 54.2 cm³/mol. The zero-order chi connectivity index (χ0) is 12.3. The van der Waals surface area contributed by atoms with Crippen molar-refractivity contribution in [3.8, 4) is 6.07 Å². The lowest BCUT2D eigenvalue weighted by molar-refractivity contribution is -0.385. The predicted octanol–water partition coefficient (Wildman–Crippen LogP) is 1.91. The molecule has 0 saturated heterocycles. The molecule has 0 bridgehead atoms. The molecule has 6 nitrogen and oxygen atoms in total. The van der Waals surface area contributed by atoms with E-state index in [2.05, 4.69) is 4.74 Å². The number of methoxy groups -OCH3 is 1. The van der Waals surface area contributed by atoms with Gasteiger partial charge in [0.05, 0.1) is 17.6 Å². The highest BCUT2D eigenvalue weighted by Crippen LogP contribution is 2.27. The van der Waals surface area contributed by atoms with E-state index >= 15 is 0 Å². The molecule has 0 amide bonds. The maximum Gasteiger partial charge on any atom is 0.339 e. The van der Waals surface area contributed by atoms with E-state index in [4.69, 9.17) is 16.9 Å². The average Bonchev–Trinajstić information content (AvgIpc) is 2.26. The first-order valence-corrected chi connectivity index (χ1v) is 4.35. The van der Waals surface area contributed by atoms with E-state index in [-0.39, 0.29) is 16.1 Å². The minimum Gasteiger partial charge on any atom is -0.465 e. The number of benzene rings is 1. The van der Waals surface area contributed by atoms with Gasteiger partial charge < -0.3 is 4.74 Å². The van der Waals surface area contributed by atoms with Crippen molar-refractivity contribution >= 4 is 23.3 Å². The summed E-state index contributed by atoms with van der Waals surface area (Å²) in [5, 5.41) is 19.4. The van der Waals surface area contributed by atoms with Gasteiger partial charge in [-0.2, -0.15) is 5.26 Å². The topological polar surface area (TPSA) is 93.2 Å². The molecule has 0 aliphatic carbocycles. The number of rotatable bonds is 2. The van der Waals surface area contributed by atoms with Crippen LogP contribution in [0, 0.1) is 21.4 Å². The summed E-state index contributed by atoms with van der Waals surface area (Å²) in [7, 11) is 1.11. The molecular formula is C9H5ClN2O4. The van der Waals surface area contributed by atoms with Crippen LogP contribution in [0.4, 0.5) is 5.69 Å². The zero-order valence-corrected chi connectivity index (χ0v) is 8.82. The molecule has 0 aliphatic heterocycles. The molecule has 0 aliphatic rings. The van der Waals surface area contributed by atoms with E-state index in [1.54, 1.807) is 6.07 Å². The van der Waals surface area contributed by atoms with Gasteiger partial charge >= 0.3 is 5.97 Å². The molecule has 0 fully saturated rings. The minimum absolute atomic E-state index is 0.00824. The number of esters is 1. The van der Waals surface area contributed by atoms with Crippen molar-refractivity contribution in [2.45, 2.75) is 0 Å². The van der Waals surface area contributed by atoms with E-state index in [0.717, 1.165) is 19.2 Å². The quantitative estimate of drug-likeness (QED) is 0.447. The number of carbonyl (C=O) groups is 1. The van der Waals surface area contributed by atoms with Gasteiger partial charge in [0, 0.05) is 11.1 Å². The second-order valence-electron chi connectivity index (χ2n) is 2.71. The Morgan fingerprint density at radius 1 is 1.62 bits per heavy atom. The number of hydrogen-bond acceptors (Lipinski definition) is 5. The normalized spacial score (nSPS) is 9.31. The maximum atomic E-state index is 11.3. The molecule has 0 atom stereocenters. The third-order valence-electron chi connectivity index (χ3n) is 1.80. The van der Waals surface area contributed by atoms with Crippen LogP contribution in [0.5, 0.6) is 0 Å². The van der Waals surface area contributed by atoms with Gasteiger partial charge in [-0.25, -0.2) is 4.79 Å². The summed E-state index contributed by atoms with van der Waals surface area (Å²) in [6.45, 7) is 0. The first kappa shape index (κ1) is 11.9. The van der Waals surface area contributed by atoms with Crippen molar-refractivity contribution in [1.82, 2.24) is 0 Å². The van der Waals surface area contributed by atoms with Crippen LogP contribution in [0.25, 0.3) is 0 Å². The smallest absolute Gasteiger partial charge is 0.339 e. The maximum absolute atomic E-state index is 11.3. The van der Waals surface area contributed by atoms with Gasteiger partial charge in [0.25, 0.3) is 5.69 Å². The van der Waals surface area contributed by atoms with Gasteiger partial charge in [0.1, 0.15) is 11.6 Å². The van der Waals surface area contributed by atoms with E-state index in [0.29, 0.717) is 0 Å². The molecule has 0 unspecified atom stereocenters. The number of halogens is 1. The first-order chi connectivity index (χ1) is 7.51. The van der Waals surface area contributed by atoms with E-state index in [9.17, 15) is 14.9 Å². The van der Waals surface area contributed by atoms with Gasteiger partial charge in [0.15, 0.2) is 0 Å². The SMILES string of the molecule is COC(=O)c1cc(Cl)cc([N+](=O)[O-])c1C#N. The van der Waals surface area contributed by atoms with Crippen molar-refractivity contribution in [3.63, 3.8) is 0 Å². The van der Waals surface area contributed by atoms with Crippen LogP contribution >= 0.6 is 11.6 Å². The number of nitrogens with zero attached hydrogens (tertiary/aromatic N) is 2. The van der Waals surface area contributed by atoms with Gasteiger partial charge in [-0.05, 0) is 6.07 Å². The summed E-state index contributed by atoms with van der Waals surface area (Å²) < 4.78 is 4.40. The molecule has 0 radical (unpaired) electrons. The number of hydrogen-bond donors (Lipinski definition) is 0. The van der Waals surface area contributed by atoms with Crippen molar-refractivity contribution in [3.05, 3.63) is 38.4 Å². The van der Waals surface area contributed by atoms with Gasteiger partial charge in [-0.15, -0.1) is 0 Å². The summed E-state index contributed by atoms with van der Waals surface area (Å²) >= 11 is 5.60. The molecule has 0 N–H and O–H groups in total. The zero-order valence-electron chi connectivity index (χ0n) is 8.06. The Morgan fingerprint density at radius 3 is 2.69 bits per heavy atom. The number of nitro groups is 1. The third kappa shape index (κ3) is 2.10. The van der Waals surface area contributed by atoms with Crippen LogP contribution in [-0.4, -0.2) is 18.0 Å². The number of ether oxygens (including phenoxy) is 1. The van der Waals surface area contributed by atoms with E-state index in [1.165, 1.54) is 0 Å². The Kier molecular flexibility index (Phi) is 3.43. The largest absolute Gasteiger partial charge is 0.465 e. The average molecular weight is 241 g/mol. The van der Waals surface area contributed by atoms with Crippen LogP contribution in [0.15, 0.2) is 12.1 Å². The summed E-state index contributed by atoms with van der Waals surface area (Å²) in [5.41, 5.74) is -1.10. The van der Waals surface area contributed by atoms with Crippen molar-refractivity contribution in [2.24, 2.45) is 0 Å². The lowest BCUT2D eigenvalue weighted by atomic mass is 10.1.